The standard InChI is InChI=1S/C20H23NO5/c1-13-8-17(14(2)21(13)10-16-4-3-7-23-16)18(22)11-24-15-5-6-19-20(9-15)26-12-25-19/h5-6,8-9,16H,3-4,7,10-12H2,1-2H3/t16-/m1/s1. The van der Waals surface area contributed by atoms with Crippen LogP contribution in [0.15, 0.2) is 24.3 Å². The average molecular weight is 357 g/mol. The largest absolute Gasteiger partial charge is 0.485 e. The molecular formula is C20H23NO5. The maximum Gasteiger partial charge on any atom is 0.231 e. The van der Waals surface area contributed by atoms with Gasteiger partial charge in [0.05, 0.1) is 6.10 Å². The Labute approximate surface area is 152 Å². The van der Waals surface area contributed by atoms with Gasteiger partial charge < -0.3 is 23.5 Å². The smallest absolute Gasteiger partial charge is 0.231 e. The molecule has 0 unspecified atom stereocenters. The van der Waals surface area contributed by atoms with Gasteiger partial charge in [0.1, 0.15) is 5.75 Å². The first-order valence-electron chi connectivity index (χ1n) is 8.96. The van der Waals surface area contributed by atoms with Gasteiger partial charge in [-0.25, -0.2) is 0 Å². The van der Waals surface area contributed by atoms with E-state index >= 15 is 0 Å². The summed E-state index contributed by atoms with van der Waals surface area (Å²) in [7, 11) is 0. The lowest BCUT2D eigenvalue weighted by molar-refractivity contribution is 0.0914. The molecule has 2 aliphatic rings. The van der Waals surface area contributed by atoms with E-state index in [2.05, 4.69) is 4.57 Å². The van der Waals surface area contributed by atoms with Gasteiger partial charge in [-0.05, 0) is 44.9 Å². The first-order chi connectivity index (χ1) is 12.6. The number of ether oxygens (including phenoxy) is 4. The van der Waals surface area contributed by atoms with Crippen LogP contribution >= 0.6 is 0 Å². The van der Waals surface area contributed by atoms with Crippen LogP contribution in [0.4, 0.5) is 0 Å². The van der Waals surface area contributed by atoms with Crippen LogP contribution in [0.1, 0.15) is 34.6 Å². The molecule has 2 aliphatic heterocycles. The van der Waals surface area contributed by atoms with E-state index in [1.807, 2.05) is 19.9 Å². The minimum absolute atomic E-state index is 0.0101. The molecule has 0 spiro atoms. The lowest BCUT2D eigenvalue weighted by Crippen LogP contribution is -2.18. The third-order valence-electron chi connectivity index (χ3n) is 5.00. The van der Waals surface area contributed by atoms with Crippen LogP contribution in [-0.4, -0.2) is 36.5 Å². The average Bonchev–Trinajstić information content (AvgIpc) is 3.36. The molecule has 0 N–H and O–H groups in total. The minimum atomic E-state index is -0.0330. The molecule has 6 nitrogen and oxygen atoms in total. The molecule has 26 heavy (non-hydrogen) atoms. The number of benzene rings is 1. The van der Waals surface area contributed by atoms with Crippen LogP contribution in [0.3, 0.4) is 0 Å². The van der Waals surface area contributed by atoms with E-state index in [1.165, 1.54) is 0 Å². The second-order valence-electron chi connectivity index (χ2n) is 6.76. The van der Waals surface area contributed by atoms with E-state index in [-0.39, 0.29) is 25.3 Å². The van der Waals surface area contributed by atoms with Crippen molar-refractivity contribution in [2.75, 3.05) is 20.0 Å². The van der Waals surface area contributed by atoms with E-state index in [0.717, 1.165) is 37.4 Å². The molecule has 6 heteroatoms. The molecule has 0 saturated carbocycles. The van der Waals surface area contributed by atoms with Crippen LogP contribution in [0.2, 0.25) is 0 Å². The van der Waals surface area contributed by atoms with Crippen LogP contribution in [-0.2, 0) is 11.3 Å². The predicted molar refractivity (Wildman–Crippen MR) is 95.3 cm³/mol. The molecule has 2 aromatic rings. The summed E-state index contributed by atoms with van der Waals surface area (Å²) in [6.07, 6.45) is 2.43. The summed E-state index contributed by atoms with van der Waals surface area (Å²) < 4.78 is 24.2. The Morgan fingerprint density at radius 1 is 1.23 bits per heavy atom. The van der Waals surface area contributed by atoms with E-state index < -0.39 is 0 Å². The number of aromatic nitrogens is 1. The molecule has 0 aliphatic carbocycles. The van der Waals surface area contributed by atoms with Crippen LogP contribution in [0.25, 0.3) is 0 Å². The van der Waals surface area contributed by atoms with Crippen LogP contribution in [0, 0.1) is 13.8 Å². The molecule has 1 aromatic heterocycles. The summed E-state index contributed by atoms with van der Waals surface area (Å²) in [4.78, 5) is 12.6. The summed E-state index contributed by atoms with van der Waals surface area (Å²) in [5, 5.41) is 0. The fraction of sp³-hybridized carbons (Fsp3) is 0.450. The van der Waals surface area contributed by atoms with E-state index in [4.69, 9.17) is 18.9 Å². The van der Waals surface area contributed by atoms with E-state index in [1.54, 1.807) is 18.2 Å². The number of Topliss-reactive ketones (excluding diaryl/α,β-unsaturated/α-hetero) is 1. The Hall–Kier alpha value is -2.47. The summed E-state index contributed by atoms with van der Waals surface area (Å²) in [6.45, 7) is 5.85. The summed E-state index contributed by atoms with van der Waals surface area (Å²) >= 11 is 0. The van der Waals surface area contributed by atoms with Crippen molar-refractivity contribution in [1.82, 2.24) is 4.57 Å². The van der Waals surface area contributed by atoms with Gasteiger partial charge in [-0.2, -0.15) is 0 Å². The van der Waals surface area contributed by atoms with Gasteiger partial charge in [-0.15, -0.1) is 0 Å². The number of fused-ring (bicyclic) bond motifs is 1. The van der Waals surface area contributed by atoms with Crippen molar-refractivity contribution in [2.24, 2.45) is 0 Å². The lowest BCUT2D eigenvalue weighted by atomic mass is 10.1. The quantitative estimate of drug-likeness (QED) is 0.743. The fourth-order valence-electron chi connectivity index (χ4n) is 3.55. The third kappa shape index (κ3) is 3.29. The maximum atomic E-state index is 12.6. The highest BCUT2D eigenvalue weighted by atomic mass is 16.7. The first kappa shape index (κ1) is 17.0. The summed E-state index contributed by atoms with van der Waals surface area (Å²) in [5.74, 6) is 1.90. The predicted octanol–water partition coefficient (Wildman–Crippen LogP) is 3.27. The fourth-order valence-corrected chi connectivity index (χ4v) is 3.55. The molecular weight excluding hydrogens is 334 g/mol. The molecule has 0 amide bonds. The topological polar surface area (TPSA) is 58.9 Å². The second-order valence-corrected chi connectivity index (χ2v) is 6.76. The van der Waals surface area contributed by atoms with Gasteiger partial charge in [-0.3, -0.25) is 4.79 Å². The monoisotopic (exact) mass is 357 g/mol. The van der Waals surface area contributed by atoms with Crippen molar-refractivity contribution in [3.05, 3.63) is 41.2 Å². The van der Waals surface area contributed by atoms with Crippen molar-refractivity contribution in [3.8, 4) is 17.2 Å². The zero-order valence-electron chi connectivity index (χ0n) is 15.1. The molecule has 1 atom stereocenters. The summed E-state index contributed by atoms with van der Waals surface area (Å²) in [5.41, 5.74) is 2.75. The molecule has 0 radical (unpaired) electrons. The molecule has 1 saturated heterocycles. The Morgan fingerprint density at radius 3 is 2.88 bits per heavy atom. The zero-order chi connectivity index (χ0) is 18.1. The van der Waals surface area contributed by atoms with Gasteiger partial charge in [0.25, 0.3) is 0 Å². The number of ketones is 1. The van der Waals surface area contributed by atoms with Gasteiger partial charge in [0.2, 0.25) is 12.6 Å². The minimum Gasteiger partial charge on any atom is -0.485 e. The molecule has 0 bridgehead atoms. The van der Waals surface area contributed by atoms with Gasteiger partial charge in [0, 0.05) is 36.2 Å². The highest BCUT2D eigenvalue weighted by Gasteiger charge is 2.21. The Balaban J connectivity index is 1.43. The van der Waals surface area contributed by atoms with Crippen molar-refractivity contribution in [3.63, 3.8) is 0 Å². The Kier molecular flexibility index (Phi) is 4.59. The number of rotatable bonds is 6. The van der Waals surface area contributed by atoms with E-state index in [9.17, 15) is 4.79 Å². The van der Waals surface area contributed by atoms with Gasteiger partial charge in [0.15, 0.2) is 18.1 Å². The lowest BCUT2D eigenvalue weighted by Gasteiger charge is -2.14. The van der Waals surface area contributed by atoms with Crippen molar-refractivity contribution >= 4 is 5.78 Å². The number of aryl methyl sites for hydroxylation is 1. The summed E-state index contributed by atoms with van der Waals surface area (Å²) in [6, 6.07) is 7.25. The number of hydrogen-bond donors (Lipinski definition) is 0. The van der Waals surface area contributed by atoms with Crippen molar-refractivity contribution in [1.29, 1.82) is 0 Å². The van der Waals surface area contributed by atoms with Gasteiger partial charge >= 0.3 is 0 Å². The molecule has 1 aromatic carbocycles. The highest BCUT2D eigenvalue weighted by molar-refractivity contribution is 5.98. The third-order valence-corrected chi connectivity index (χ3v) is 5.00. The molecule has 138 valence electrons. The van der Waals surface area contributed by atoms with Gasteiger partial charge in [-0.1, -0.05) is 0 Å². The zero-order valence-corrected chi connectivity index (χ0v) is 15.1. The molecule has 1 fully saturated rings. The number of carbonyl (C=O) groups excluding carboxylic acids is 1. The number of carbonyl (C=O) groups is 1. The van der Waals surface area contributed by atoms with Crippen molar-refractivity contribution < 1.29 is 23.7 Å². The number of hydrogen-bond acceptors (Lipinski definition) is 5. The normalized spacial score (nSPS) is 18.3. The molecule has 4 rings (SSSR count). The highest BCUT2D eigenvalue weighted by Crippen LogP contribution is 2.35. The van der Waals surface area contributed by atoms with Crippen LogP contribution < -0.4 is 14.2 Å². The van der Waals surface area contributed by atoms with Crippen LogP contribution in [0.5, 0.6) is 17.2 Å². The maximum absolute atomic E-state index is 12.6. The number of nitrogens with zero attached hydrogens (tertiary/aromatic N) is 1. The SMILES string of the molecule is Cc1cc(C(=O)COc2ccc3c(c2)OCO3)c(C)n1C[C@H]1CCCO1. The Bertz CT molecular complexity index is 820. The first-order valence-corrected chi connectivity index (χ1v) is 8.96. The molecule has 3 heterocycles. The second kappa shape index (κ2) is 7.03. The van der Waals surface area contributed by atoms with Crippen molar-refractivity contribution in [2.45, 2.75) is 39.3 Å². The Morgan fingerprint density at radius 2 is 2.08 bits per heavy atom. The van der Waals surface area contributed by atoms with E-state index in [0.29, 0.717) is 22.8 Å².